The molecule has 0 aliphatic carbocycles. The normalized spacial score (nSPS) is 13.8. The summed E-state index contributed by atoms with van der Waals surface area (Å²) in [6.07, 6.45) is 6.65. The highest BCUT2D eigenvalue weighted by atomic mass is 16.3. The van der Waals surface area contributed by atoms with E-state index in [-0.39, 0.29) is 5.91 Å². The maximum absolute atomic E-state index is 11.8. The zero-order valence-corrected chi connectivity index (χ0v) is 14.7. The minimum atomic E-state index is -0.902. The molecule has 2 atom stereocenters. The maximum atomic E-state index is 11.8. The highest BCUT2D eigenvalue weighted by Gasteiger charge is 2.18. The molecule has 23 heavy (non-hydrogen) atoms. The van der Waals surface area contributed by atoms with Gasteiger partial charge in [-0.25, -0.2) is 0 Å². The third kappa shape index (κ3) is 8.14. The van der Waals surface area contributed by atoms with Crippen LogP contribution >= 0.6 is 0 Å². The minimum Gasteiger partial charge on any atom is -0.391 e. The topological polar surface area (TPSA) is 75.4 Å². The van der Waals surface area contributed by atoms with Crippen molar-refractivity contribution in [2.75, 3.05) is 5.32 Å². The Labute approximate surface area is 140 Å². The third-order valence-electron chi connectivity index (χ3n) is 4.04. The molecule has 1 aromatic rings. The molecule has 4 N–H and O–H groups in total. The maximum Gasteiger partial charge on any atom is 0.243 e. The summed E-state index contributed by atoms with van der Waals surface area (Å²) in [6, 6.07) is 6.96. The lowest BCUT2D eigenvalue weighted by Crippen LogP contribution is -2.43. The molecule has 1 aromatic carbocycles. The number of amides is 1. The molecule has 0 aromatic heterocycles. The number of carbonyl (C=O) groups is 1. The Morgan fingerprint density at radius 1 is 1.09 bits per heavy atom. The lowest BCUT2D eigenvalue weighted by atomic mass is 10.0. The highest BCUT2D eigenvalue weighted by molar-refractivity contribution is 5.95. The first-order chi connectivity index (χ1) is 10.9. The highest BCUT2D eigenvalue weighted by Crippen LogP contribution is 2.14. The van der Waals surface area contributed by atoms with Crippen molar-refractivity contribution in [3.05, 3.63) is 29.8 Å². The van der Waals surface area contributed by atoms with E-state index < -0.39 is 12.1 Å². The number of unbranched alkanes of at least 4 members (excludes halogenated alkanes) is 3. The predicted molar refractivity (Wildman–Crippen MR) is 96.4 cm³/mol. The molecule has 1 amide bonds. The van der Waals surface area contributed by atoms with Gasteiger partial charge < -0.3 is 16.2 Å². The van der Waals surface area contributed by atoms with Crippen LogP contribution in [0.25, 0.3) is 0 Å². The van der Waals surface area contributed by atoms with Gasteiger partial charge >= 0.3 is 0 Å². The molecule has 4 nitrogen and oxygen atoms in total. The van der Waals surface area contributed by atoms with Gasteiger partial charge in [0.25, 0.3) is 0 Å². The van der Waals surface area contributed by atoms with Crippen molar-refractivity contribution < 1.29 is 9.90 Å². The molecule has 0 fully saturated rings. The third-order valence-corrected chi connectivity index (χ3v) is 4.04. The molecule has 0 heterocycles. The molecule has 0 aliphatic heterocycles. The summed E-state index contributed by atoms with van der Waals surface area (Å²) >= 11 is 0. The molecule has 1 rings (SSSR count). The fourth-order valence-corrected chi connectivity index (χ4v) is 2.43. The van der Waals surface area contributed by atoms with Crippen molar-refractivity contribution in [3.8, 4) is 0 Å². The number of hydrogen-bond donors (Lipinski definition) is 3. The molecule has 0 aliphatic rings. The molecular formula is C19H32N2O2. The molecule has 0 saturated heterocycles. The summed E-state index contributed by atoms with van der Waals surface area (Å²) in [6.45, 7) is 6.05. The van der Waals surface area contributed by atoms with E-state index in [1.54, 1.807) is 0 Å². The van der Waals surface area contributed by atoms with Gasteiger partial charge in [-0.1, -0.05) is 51.7 Å². The van der Waals surface area contributed by atoms with Crippen molar-refractivity contribution in [2.45, 2.75) is 71.4 Å². The van der Waals surface area contributed by atoms with Crippen LogP contribution in [0.5, 0.6) is 0 Å². The molecule has 0 radical (unpaired) electrons. The predicted octanol–water partition coefficient (Wildman–Crippen LogP) is 3.48. The van der Waals surface area contributed by atoms with Gasteiger partial charge in [0, 0.05) is 5.69 Å². The number of aryl methyl sites for hydroxylation is 1. The van der Waals surface area contributed by atoms with E-state index in [1.165, 1.54) is 44.6 Å². The Hall–Kier alpha value is -1.39. The van der Waals surface area contributed by atoms with Crippen LogP contribution in [0, 0.1) is 5.92 Å². The number of aliphatic hydroxyl groups excluding tert-OH is 1. The average molecular weight is 320 g/mol. The van der Waals surface area contributed by atoms with Crippen molar-refractivity contribution >= 4 is 11.6 Å². The molecule has 0 bridgehead atoms. The second-order valence-electron chi connectivity index (χ2n) is 6.80. The summed E-state index contributed by atoms with van der Waals surface area (Å²) < 4.78 is 0. The quantitative estimate of drug-likeness (QED) is 0.578. The monoisotopic (exact) mass is 320 g/mol. The summed E-state index contributed by atoms with van der Waals surface area (Å²) in [5, 5.41) is 12.0. The van der Waals surface area contributed by atoms with Crippen LogP contribution in [-0.4, -0.2) is 23.2 Å². The fraction of sp³-hybridized carbons (Fsp3) is 0.632. The van der Waals surface area contributed by atoms with Crippen LogP contribution in [0.4, 0.5) is 5.69 Å². The molecule has 0 spiro atoms. The summed E-state index contributed by atoms with van der Waals surface area (Å²) in [4.78, 5) is 11.8. The van der Waals surface area contributed by atoms with Crippen LogP contribution < -0.4 is 11.1 Å². The average Bonchev–Trinajstić information content (AvgIpc) is 2.51. The van der Waals surface area contributed by atoms with Crippen molar-refractivity contribution in [2.24, 2.45) is 11.7 Å². The zero-order chi connectivity index (χ0) is 17.2. The van der Waals surface area contributed by atoms with Crippen LogP contribution in [0.1, 0.15) is 58.4 Å². The summed E-state index contributed by atoms with van der Waals surface area (Å²) in [5.74, 6) is 0.442. The standard InChI is InChI=1S/C19H32N2O2/c1-14(2)8-6-4-5-7-9-16-10-12-17(13-11-16)21-19(23)18(20)15(3)22/h10-15,18,22H,4-9,20H2,1-3H3,(H,21,23)/t15-,18+/m1/s1. The van der Waals surface area contributed by atoms with Gasteiger partial charge in [-0.15, -0.1) is 0 Å². The van der Waals surface area contributed by atoms with E-state index in [4.69, 9.17) is 5.73 Å². The lowest BCUT2D eigenvalue weighted by Gasteiger charge is -2.14. The molecule has 130 valence electrons. The smallest absolute Gasteiger partial charge is 0.243 e. The SMILES string of the molecule is CC(C)CCCCCCc1ccc(NC(=O)[C@@H](N)[C@@H](C)O)cc1. The number of benzene rings is 1. The van der Waals surface area contributed by atoms with Gasteiger partial charge in [0.15, 0.2) is 0 Å². The number of carbonyl (C=O) groups excluding carboxylic acids is 1. The van der Waals surface area contributed by atoms with Crippen molar-refractivity contribution in [3.63, 3.8) is 0 Å². The molecule has 4 heteroatoms. The first-order valence-corrected chi connectivity index (χ1v) is 8.73. The molecule has 0 saturated carbocycles. The Morgan fingerprint density at radius 2 is 1.70 bits per heavy atom. The van der Waals surface area contributed by atoms with Crippen LogP contribution in [0.3, 0.4) is 0 Å². The zero-order valence-electron chi connectivity index (χ0n) is 14.7. The van der Waals surface area contributed by atoms with E-state index >= 15 is 0 Å². The first-order valence-electron chi connectivity index (χ1n) is 8.73. The van der Waals surface area contributed by atoms with Gasteiger partial charge in [-0.05, 0) is 43.4 Å². The minimum absolute atomic E-state index is 0.363. The van der Waals surface area contributed by atoms with Gasteiger partial charge in [0.2, 0.25) is 5.91 Å². The number of hydrogen-bond acceptors (Lipinski definition) is 3. The van der Waals surface area contributed by atoms with E-state index in [1.807, 2.05) is 24.3 Å². The number of nitrogens with one attached hydrogen (secondary N) is 1. The summed E-state index contributed by atoms with van der Waals surface area (Å²) in [7, 11) is 0. The largest absolute Gasteiger partial charge is 0.391 e. The number of aliphatic hydroxyl groups is 1. The van der Waals surface area contributed by atoms with Gasteiger partial charge in [0.05, 0.1) is 6.10 Å². The van der Waals surface area contributed by atoms with Gasteiger partial charge in [-0.2, -0.15) is 0 Å². The van der Waals surface area contributed by atoms with Crippen molar-refractivity contribution in [1.29, 1.82) is 0 Å². The second kappa shape index (κ2) is 10.4. The van der Waals surface area contributed by atoms with Crippen LogP contribution in [0.15, 0.2) is 24.3 Å². The van der Waals surface area contributed by atoms with Crippen LogP contribution in [0.2, 0.25) is 0 Å². The fourth-order valence-electron chi connectivity index (χ4n) is 2.43. The van der Waals surface area contributed by atoms with E-state index in [0.29, 0.717) is 5.69 Å². The van der Waals surface area contributed by atoms with Gasteiger partial charge in [-0.3, -0.25) is 4.79 Å². The van der Waals surface area contributed by atoms with E-state index in [9.17, 15) is 9.90 Å². The van der Waals surface area contributed by atoms with Crippen LogP contribution in [-0.2, 0) is 11.2 Å². The van der Waals surface area contributed by atoms with Gasteiger partial charge in [0.1, 0.15) is 6.04 Å². The Bertz CT molecular complexity index is 455. The number of rotatable bonds is 10. The number of anilines is 1. The van der Waals surface area contributed by atoms with E-state index in [0.717, 1.165) is 12.3 Å². The first kappa shape index (κ1) is 19.7. The lowest BCUT2D eigenvalue weighted by molar-refractivity contribution is -0.119. The van der Waals surface area contributed by atoms with Crippen molar-refractivity contribution in [1.82, 2.24) is 0 Å². The molecular weight excluding hydrogens is 288 g/mol. The Balaban J connectivity index is 2.29. The summed E-state index contributed by atoms with van der Waals surface area (Å²) in [5.41, 5.74) is 7.60. The number of nitrogens with two attached hydrogens (primary N) is 1. The Kier molecular flexibility index (Phi) is 8.89. The van der Waals surface area contributed by atoms with E-state index in [2.05, 4.69) is 19.2 Å². The second-order valence-corrected chi connectivity index (χ2v) is 6.80. The molecule has 0 unspecified atom stereocenters. The Morgan fingerprint density at radius 3 is 2.26 bits per heavy atom.